The van der Waals surface area contributed by atoms with E-state index in [1.165, 1.54) is 11.1 Å². The van der Waals surface area contributed by atoms with Gasteiger partial charge in [-0.1, -0.05) is 27.3 Å². The molecule has 3 nitrogen and oxygen atoms in total. The van der Waals surface area contributed by atoms with Crippen LogP contribution in [0.25, 0.3) is 10.2 Å². The van der Waals surface area contributed by atoms with Crippen LogP contribution in [0.5, 0.6) is 0 Å². The Bertz CT molecular complexity index is 560. The third kappa shape index (κ3) is 2.27. The molecule has 0 aliphatic heterocycles. The van der Waals surface area contributed by atoms with Gasteiger partial charge in [-0.2, -0.15) is 0 Å². The Kier molecular flexibility index (Phi) is 3.30. The molecule has 1 heterocycles. The largest absolute Gasteiger partial charge is 0.376 e. The van der Waals surface area contributed by atoms with Gasteiger partial charge in [-0.25, -0.2) is 4.98 Å². The quantitative estimate of drug-likeness (QED) is 0.920. The third-order valence-corrected chi connectivity index (χ3v) is 5.08. The second kappa shape index (κ2) is 4.79. The van der Waals surface area contributed by atoms with E-state index in [0.29, 0.717) is 0 Å². The van der Waals surface area contributed by atoms with Gasteiger partial charge < -0.3 is 10.1 Å². The fraction of sp³-hybridized carbons (Fsp3) is 0.462. The van der Waals surface area contributed by atoms with Crippen molar-refractivity contribution in [2.75, 3.05) is 19.0 Å². The number of methoxy groups -OCH3 is 1. The van der Waals surface area contributed by atoms with E-state index in [9.17, 15) is 0 Å². The molecule has 1 N–H and O–H groups in total. The first-order valence-corrected chi connectivity index (χ1v) is 7.67. The van der Waals surface area contributed by atoms with Gasteiger partial charge in [-0.15, -0.1) is 0 Å². The van der Waals surface area contributed by atoms with Gasteiger partial charge in [0.25, 0.3) is 0 Å². The topological polar surface area (TPSA) is 34.1 Å². The molecule has 0 saturated heterocycles. The molecule has 5 heteroatoms. The molecule has 1 saturated carbocycles. The number of halogens is 1. The van der Waals surface area contributed by atoms with Crippen molar-refractivity contribution in [3.8, 4) is 0 Å². The van der Waals surface area contributed by atoms with E-state index < -0.39 is 0 Å². The number of aromatic nitrogens is 1. The molecule has 0 bridgehead atoms. The number of hydrogen-bond acceptors (Lipinski definition) is 4. The van der Waals surface area contributed by atoms with E-state index in [0.717, 1.165) is 34.5 Å². The number of hydrogen-bond donors (Lipinski definition) is 1. The lowest BCUT2D eigenvalue weighted by Crippen LogP contribution is -2.45. The van der Waals surface area contributed by atoms with Crippen molar-refractivity contribution < 1.29 is 4.74 Å². The van der Waals surface area contributed by atoms with Crippen LogP contribution in [-0.2, 0) is 4.74 Å². The monoisotopic (exact) mass is 326 g/mol. The average molecular weight is 327 g/mol. The summed E-state index contributed by atoms with van der Waals surface area (Å²) in [5.74, 6) is 0. The van der Waals surface area contributed by atoms with Crippen LogP contribution in [0.15, 0.2) is 22.7 Å². The molecule has 0 atom stereocenters. The van der Waals surface area contributed by atoms with E-state index in [-0.39, 0.29) is 5.60 Å². The van der Waals surface area contributed by atoms with Gasteiger partial charge in [0.2, 0.25) is 0 Å². The van der Waals surface area contributed by atoms with Crippen LogP contribution < -0.4 is 5.32 Å². The van der Waals surface area contributed by atoms with Gasteiger partial charge in [0.1, 0.15) is 0 Å². The number of fused-ring (bicyclic) bond motifs is 1. The first kappa shape index (κ1) is 12.4. The fourth-order valence-electron chi connectivity index (χ4n) is 2.23. The van der Waals surface area contributed by atoms with Gasteiger partial charge in [-0.3, -0.25) is 0 Å². The summed E-state index contributed by atoms with van der Waals surface area (Å²) in [4.78, 5) is 4.58. The minimum Gasteiger partial charge on any atom is -0.376 e. The molecule has 1 aliphatic carbocycles. The van der Waals surface area contributed by atoms with E-state index in [1.807, 2.05) is 12.1 Å². The average Bonchev–Trinajstić information content (AvgIpc) is 2.70. The molecule has 1 aromatic heterocycles. The number of ether oxygens (including phenoxy) is 1. The van der Waals surface area contributed by atoms with Crippen molar-refractivity contribution in [1.29, 1.82) is 0 Å². The van der Waals surface area contributed by atoms with E-state index in [4.69, 9.17) is 4.74 Å². The summed E-state index contributed by atoms with van der Waals surface area (Å²) < 4.78 is 7.89. The summed E-state index contributed by atoms with van der Waals surface area (Å²) >= 11 is 5.17. The van der Waals surface area contributed by atoms with Gasteiger partial charge in [-0.05, 0) is 37.5 Å². The van der Waals surface area contributed by atoms with Crippen molar-refractivity contribution in [1.82, 2.24) is 4.98 Å². The van der Waals surface area contributed by atoms with Crippen LogP contribution in [0.3, 0.4) is 0 Å². The second-order valence-corrected chi connectivity index (χ2v) is 6.67. The van der Waals surface area contributed by atoms with Crippen LogP contribution in [0.1, 0.15) is 19.3 Å². The molecule has 1 aromatic carbocycles. The zero-order chi connectivity index (χ0) is 12.6. The standard InChI is InChI=1S/C13H15BrN2OS/c1-17-13(5-2-6-13)8-15-12-16-10-4-3-9(14)7-11(10)18-12/h3-4,7H,2,5-6,8H2,1H3,(H,15,16). The molecule has 2 aromatic rings. The Balaban J connectivity index is 1.74. The molecule has 96 valence electrons. The summed E-state index contributed by atoms with van der Waals surface area (Å²) in [6.07, 6.45) is 3.56. The molecule has 3 rings (SSSR count). The first-order chi connectivity index (χ1) is 8.71. The fourth-order valence-corrected chi connectivity index (χ4v) is 3.65. The lowest BCUT2D eigenvalue weighted by molar-refractivity contribution is -0.0601. The Morgan fingerprint density at radius 2 is 2.33 bits per heavy atom. The van der Waals surface area contributed by atoms with Crippen LogP contribution in [0.4, 0.5) is 5.13 Å². The van der Waals surface area contributed by atoms with E-state index in [2.05, 4.69) is 32.3 Å². The van der Waals surface area contributed by atoms with Crippen molar-refractivity contribution in [2.45, 2.75) is 24.9 Å². The van der Waals surface area contributed by atoms with Gasteiger partial charge in [0, 0.05) is 18.1 Å². The lowest BCUT2D eigenvalue weighted by atomic mass is 9.80. The number of nitrogens with one attached hydrogen (secondary N) is 1. The second-order valence-electron chi connectivity index (χ2n) is 4.73. The predicted octanol–water partition coefficient (Wildman–Crippen LogP) is 4.04. The minimum atomic E-state index is 0.0401. The van der Waals surface area contributed by atoms with Gasteiger partial charge in [0.15, 0.2) is 5.13 Å². The van der Waals surface area contributed by atoms with Gasteiger partial charge in [0.05, 0.1) is 15.8 Å². The normalized spacial score (nSPS) is 17.7. The summed E-state index contributed by atoms with van der Waals surface area (Å²) in [5.41, 5.74) is 1.09. The van der Waals surface area contributed by atoms with Crippen LogP contribution >= 0.6 is 27.3 Å². The third-order valence-electron chi connectivity index (χ3n) is 3.61. The predicted molar refractivity (Wildman–Crippen MR) is 79.4 cm³/mol. The maximum absolute atomic E-state index is 5.60. The zero-order valence-electron chi connectivity index (χ0n) is 10.2. The molecular formula is C13H15BrN2OS. The zero-order valence-corrected chi connectivity index (χ0v) is 12.6. The lowest BCUT2D eigenvalue weighted by Gasteiger charge is -2.40. The molecule has 0 radical (unpaired) electrons. The summed E-state index contributed by atoms with van der Waals surface area (Å²) in [5, 5.41) is 4.39. The van der Waals surface area contributed by atoms with Gasteiger partial charge >= 0.3 is 0 Å². The number of thiazole rings is 1. The Hall–Kier alpha value is -0.650. The van der Waals surface area contributed by atoms with Crippen molar-refractivity contribution in [2.24, 2.45) is 0 Å². The Morgan fingerprint density at radius 1 is 1.50 bits per heavy atom. The smallest absolute Gasteiger partial charge is 0.183 e. The molecular weight excluding hydrogens is 312 g/mol. The summed E-state index contributed by atoms with van der Waals surface area (Å²) in [7, 11) is 1.80. The Morgan fingerprint density at radius 3 is 3.00 bits per heavy atom. The molecule has 18 heavy (non-hydrogen) atoms. The maximum Gasteiger partial charge on any atom is 0.183 e. The molecule has 0 unspecified atom stereocenters. The van der Waals surface area contributed by atoms with Crippen molar-refractivity contribution in [3.63, 3.8) is 0 Å². The highest BCUT2D eigenvalue weighted by atomic mass is 79.9. The number of anilines is 1. The highest BCUT2D eigenvalue weighted by molar-refractivity contribution is 9.10. The van der Waals surface area contributed by atoms with Crippen LogP contribution in [0, 0.1) is 0 Å². The molecule has 0 spiro atoms. The first-order valence-electron chi connectivity index (χ1n) is 6.06. The number of rotatable bonds is 4. The molecule has 0 amide bonds. The van der Waals surface area contributed by atoms with E-state index >= 15 is 0 Å². The van der Waals surface area contributed by atoms with E-state index in [1.54, 1.807) is 18.4 Å². The SMILES string of the molecule is COC1(CNc2nc3ccc(Br)cc3s2)CCC1. The van der Waals surface area contributed by atoms with Crippen LogP contribution in [-0.4, -0.2) is 24.2 Å². The molecule has 1 aliphatic rings. The number of benzene rings is 1. The minimum absolute atomic E-state index is 0.0401. The highest BCUT2D eigenvalue weighted by Gasteiger charge is 2.36. The number of nitrogens with zero attached hydrogens (tertiary/aromatic N) is 1. The summed E-state index contributed by atoms with van der Waals surface area (Å²) in [6, 6.07) is 6.17. The summed E-state index contributed by atoms with van der Waals surface area (Å²) in [6.45, 7) is 0.852. The Labute approximate surface area is 119 Å². The molecule has 1 fully saturated rings. The van der Waals surface area contributed by atoms with Crippen molar-refractivity contribution in [3.05, 3.63) is 22.7 Å². The van der Waals surface area contributed by atoms with Crippen LogP contribution in [0.2, 0.25) is 0 Å². The van der Waals surface area contributed by atoms with Crippen molar-refractivity contribution >= 4 is 42.6 Å². The highest BCUT2D eigenvalue weighted by Crippen LogP contribution is 2.36. The maximum atomic E-state index is 5.60.